The highest BCUT2D eigenvalue weighted by molar-refractivity contribution is 6.30. The van der Waals surface area contributed by atoms with Gasteiger partial charge in [0.05, 0.1) is 18.8 Å². The van der Waals surface area contributed by atoms with Crippen molar-refractivity contribution in [1.29, 1.82) is 0 Å². The van der Waals surface area contributed by atoms with Gasteiger partial charge in [0.2, 0.25) is 0 Å². The van der Waals surface area contributed by atoms with Crippen molar-refractivity contribution in [3.05, 3.63) is 34.6 Å². The average molecular weight is 301 g/mol. The van der Waals surface area contributed by atoms with Crippen LogP contribution in [0.3, 0.4) is 0 Å². The smallest absolute Gasteiger partial charge is 0.129 e. The van der Waals surface area contributed by atoms with E-state index >= 15 is 0 Å². The molecule has 0 spiro atoms. The summed E-state index contributed by atoms with van der Waals surface area (Å²) >= 11 is 5.86. The van der Waals surface area contributed by atoms with Crippen LogP contribution in [0.1, 0.15) is 25.5 Å². The summed E-state index contributed by atoms with van der Waals surface area (Å²) in [4.78, 5) is 2.29. The third-order valence-corrected chi connectivity index (χ3v) is 3.98. The number of likely N-dealkylation sites (N-methyl/N-ethyl adjacent to an activating group) is 1. The van der Waals surface area contributed by atoms with E-state index in [1.54, 1.807) is 12.1 Å². The van der Waals surface area contributed by atoms with Crippen molar-refractivity contribution < 1.29 is 9.13 Å². The van der Waals surface area contributed by atoms with Crippen LogP contribution in [0, 0.1) is 5.82 Å². The number of ether oxygens (including phenoxy) is 1. The topological polar surface area (TPSA) is 24.5 Å². The van der Waals surface area contributed by atoms with Gasteiger partial charge in [-0.15, -0.1) is 0 Å². The Morgan fingerprint density at radius 2 is 2.25 bits per heavy atom. The molecule has 0 aromatic heterocycles. The van der Waals surface area contributed by atoms with E-state index in [0.717, 1.165) is 6.54 Å². The van der Waals surface area contributed by atoms with Crippen LogP contribution in [0.5, 0.6) is 0 Å². The Balaban J connectivity index is 2.37. The molecule has 1 N–H and O–H groups in total. The molecular formula is C15H22ClFN2O. The first-order valence-electron chi connectivity index (χ1n) is 7.01. The number of benzene rings is 1. The van der Waals surface area contributed by atoms with E-state index in [0.29, 0.717) is 29.8 Å². The Kier molecular flexibility index (Phi) is 5.38. The minimum Gasteiger partial charge on any atom is -0.374 e. The predicted molar refractivity (Wildman–Crippen MR) is 79.7 cm³/mol. The summed E-state index contributed by atoms with van der Waals surface area (Å²) in [6, 6.07) is 5.13. The van der Waals surface area contributed by atoms with Crippen LogP contribution in [0.2, 0.25) is 5.02 Å². The van der Waals surface area contributed by atoms with Crippen LogP contribution < -0.4 is 5.32 Å². The van der Waals surface area contributed by atoms with Crippen LogP contribution >= 0.6 is 11.6 Å². The minimum atomic E-state index is -0.264. The molecule has 5 heteroatoms. The van der Waals surface area contributed by atoms with Crippen LogP contribution in [0.15, 0.2) is 18.2 Å². The highest BCUT2D eigenvalue weighted by Crippen LogP contribution is 2.33. The van der Waals surface area contributed by atoms with Crippen molar-refractivity contribution in [3.63, 3.8) is 0 Å². The number of hydrogen-bond donors (Lipinski definition) is 1. The summed E-state index contributed by atoms with van der Waals surface area (Å²) in [5.74, 6) is -0.264. The van der Waals surface area contributed by atoms with Crippen molar-refractivity contribution >= 4 is 11.6 Å². The summed E-state index contributed by atoms with van der Waals surface area (Å²) < 4.78 is 20.1. The van der Waals surface area contributed by atoms with Gasteiger partial charge in [-0.25, -0.2) is 4.39 Å². The van der Waals surface area contributed by atoms with Crippen LogP contribution in [-0.2, 0) is 4.74 Å². The molecule has 2 unspecified atom stereocenters. The van der Waals surface area contributed by atoms with E-state index in [2.05, 4.69) is 24.1 Å². The molecule has 0 saturated carbocycles. The molecule has 1 saturated heterocycles. The summed E-state index contributed by atoms with van der Waals surface area (Å²) in [6.45, 7) is 6.43. The predicted octanol–water partition coefficient (Wildman–Crippen LogP) is 2.85. The van der Waals surface area contributed by atoms with Crippen molar-refractivity contribution in [2.24, 2.45) is 0 Å². The molecule has 1 fully saturated rings. The van der Waals surface area contributed by atoms with Gasteiger partial charge in [-0.1, -0.05) is 17.7 Å². The summed E-state index contributed by atoms with van der Waals surface area (Å²) in [5.41, 5.74) is 0.656. The lowest BCUT2D eigenvalue weighted by Crippen LogP contribution is -2.51. The number of nitrogens with zero attached hydrogens (tertiary/aromatic N) is 1. The normalized spacial score (nSPS) is 24.3. The van der Waals surface area contributed by atoms with E-state index in [-0.39, 0.29) is 18.0 Å². The van der Waals surface area contributed by atoms with Crippen LogP contribution in [0.4, 0.5) is 4.39 Å². The first-order chi connectivity index (χ1) is 9.54. The largest absolute Gasteiger partial charge is 0.374 e. The molecule has 2 atom stereocenters. The highest BCUT2D eigenvalue weighted by Gasteiger charge is 2.36. The van der Waals surface area contributed by atoms with E-state index in [1.807, 2.05) is 7.05 Å². The second-order valence-electron chi connectivity index (χ2n) is 5.41. The van der Waals surface area contributed by atoms with E-state index < -0.39 is 0 Å². The Morgan fingerprint density at radius 3 is 2.85 bits per heavy atom. The monoisotopic (exact) mass is 300 g/mol. The fourth-order valence-electron chi connectivity index (χ4n) is 2.82. The minimum absolute atomic E-state index is 0.0631. The average Bonchev–Trinajstić information content (AvgIpc) is 2.39. The molecule has 0 radical (unpaired) electrons. The SMILES string of the molecule is CNCC1OCCN(C(C)C)C1c1ccc(Cl)cc1F. The molecule has 3 nitrogen and oxygen atoms in total. The maximum Gasteiger partial charge on any atom is 0.129 e. The lowest BCUT2D eigenvalue weighted by Gasteiger charge is -2.43. The van der Waals surface area contributed by atoms with Gasteiger partial charge in [0, 0.05) is 29.7 Å². The molecule has 2 rings (SSSR count). The lowest BCUT2D eigenvalue weighted by molar-refractivity contribution is -0.0825. The molecule has 0 amide bonds. The van der Waals surface area contributed by atoms with Crippen molar-refractivity contribution in [3.8, 4) is 0 Å². The van der Waals surface area contributed by atoms with Gasteiger partial charge in [0.15, 0.2) is 0 Å². The highest BCUT2D eigenvalue weighted by atomic mass is 35.5. The van der Waals surface area contributed by atoms with Gasteiger partial charge >= 0.3 is 0 Å². The summed E-state index contributed by atoms with van der Waals surface area (Å²) in [7, 11) is 1.88. The molecule has 1 aliphatic rings. The zero-order valence-electron chi connectivity index (χ0n) is 12.2. The fraction of sp³-hybridized carbons (Fsp3) is 0.600. The molecule has 1 heterocycles. The molecule has 20 heavy (non-hydrogen) atoms. The maximum atomic E-state index is 14.3. The van der Waals surface area contributed by atoms with E-state index in [9.17, 15) is 4.39 Å². The number of halogens is 2. The molecule has 1 aliphatic heterocycles. The summed E-state index contributed by atoms with van der Waals surface area (Å²) in [6.07, 6.45) is -0.0631. The zero-order chi connectivity index (χ0) is 14.7. The Labute approximate surface area is 125 Å². The number of hydrogen-bond acceptors (Lipinski definition) is 3. The van der Waals surface area contributed by atoms with Gasteiger partial charge in [0.1, 0.15) is 5.82 Å². The Hall–Kier alpha value is -0.680. The lowest BCUT2D eigenvalue weighted by atomic mass is 9.96. The van der Waals surface area contributed by atoms with Crippen LogP contribution in [-0.4, -0.2) is 43.8 Å². The fourth-order valence-corrected chi connectivity index (χ4v) is 2.98. The molecule has 1 aromatic carbocycles. The van der Waals surface area contributed by atoms with Gasteiger partial charge in [0.25, 0.3) is 0 Å². The van der Waals surface area contributed by atoms with Crippen molar-refractivity contribution in [2.45, 2.75) is 32.0 Å². The second-order valence-corrected chi connectivity index (χ2v) is 5.85. The van der Waals surface area contributed by atoms with E-state index in [4.69, 9.17) is 16.3 Å². The Morgan fingerprint density at radius 1 is 1.50 bits per heavy atom. The first kappa shape index (κ1) is 15.7. The zero-order valence-corrected chi connectivity index (χ0v) is 13.0. The number of nitrogens with one attached hydrogen (secondary N) is 1. The number of morpholine rings is 1. The third-order valence-electron chi connectivity index (χ3n) is 3.74. The van der Waals surface area contributed by atoms with Crippen molar-refractivity contribution in [2.75, 3.05) is 26.7 Å². The number of rotatable bonds is 4. The molecule has 0 bridgehead atoms. The third kappa shape index (κ3) is 3.31. The first-order valence-corrected chi connectivity index (χ1v) is 7.39. The van der Waals surface area contributed by atoms with Crippen molar-refractivity contribution in [1.82, 2.24) is 10.2 Å². The molecule has 0 aliphatic carbocycles. The standard InChI is InChI=1S/C15H22ClFN2O/c1-10(2)19-6-7-20-14(9-18-3)15(19)12-5-4-11(16)8-13(12)17/h4-5,8,10,14-15,18H,6-7,9H2,1-3H3. The van der Waals surface area contributed by atoms with Gasteiger partial charge in [-0.3, -0.25) is 4.90 Å². The van der Waals surface area contributed by atoms with Gasteiger partial charge < -0.3 is 10.1 Å². The quantitative estimate of drug-likeness (QED) is 0.925. The molecule has 112 valence electrons. The molecule has 1 aromatic rings. The van der Waals surface area contributed by atoms with Gasteiger partial charge in [-0.2, -0.15) is 0 Å². The van der Waals surface area contributed by atoms with E-state index in [1.165, 1.54) is 6.07 Å². The second kappa shape index (κ2) is 6.85. The van der Waals surface area contributed by atoms with Crippen LogP contribution in [0.25, 0.3) is 0 Å². The Bertz CT molecular complexity index is 453. The molecular weight excluding hydrogens is 279 g/mol. The summed E-state index contributed by atoms with van der Waals surface area (Å²) in [5, 5.41) is 3.55. The maximum absolute atomic E-state index is 14.3. The van der Waals surface area contributed by atoms with Gasteiger partial charge in [-0.05, 0) is 33.0 Å².